The number of hydrogen-bond donors (Lipinski definition) is 0. The van der Waals surface area contributed by atoms with Crippen LogP contribution in [0.1, 0.15) is 28.5 Å². The molecule has 1 saturated heterocycles. The molecule has 4 heterocycles. The number of piperazine rings is 1. The van der Waals surface area contributed by atoms with E-state index in [1.165, 1.54) is 27.3 Å². The number of carbonyl (C=O) groups excluding carboxylic acids is 2. The molecule has 158 valence electrons. The highest BCUT2D eigenvalue weighted by Gasteiger charge is 2.37. The highest BCUT2D eigenvalue weighted by atomic mass is 35.5. The Morgan fingerprint density at radius 3 is 2.70 bits per heavy atom. The summed E-state index contributed by atoms with van der Waals surface area (Å²) in [5.41, 5.74) is -1.32. The lowest BCUT2D eigenvalue weighted by Crippen LogP contribution is -2.52. The van der Waals surface area contributed by atoms with Gasteiger partial charge in [0.2, 0.25) is 5.91 Å². The van der Waals surface area contributed by atoms with Crippen LogP contribution >= 0.6 is 22.9 Å². The molecule has 3 aromatic rings. The molecule has 12 heteroatoms. The molecular weight excluding hydrogens is 443 g/mol. The second-order valence-corrected chi connectivity index (χ2v) is 7.88. The maximum Gasteiger partial charge on any atom is 0.419 e. The molecule has 0 atom stereocenters. The third kappa shape index (κ3) is 3.52. The SMILES string of the molecule is CCc1cc(C(F)(F)F)c2nc(C(=O)N3CCN(c4nccs4)C(=O)C3)c(Cl)n2c1. The first kappa shape index (κ1) is 20.6. The fourth-order valence-electron chi connectivity index (χ4n) is 3.26. The Morgan fingerprint density at radius 1 is 1.33 bits per heavy atom. The second-order valence-electron chi connectivity index (χ2n) is 6.64. The Balaban J connectivity index is 1.67. The average Bonchev–Trinajstić information content (AvgIpc) is 3.34. The predicted octanol–water partition coefficient (Wildman–Crippen LogP) is 3.51. The monoisotopic (exact) mass is 457 g/mol. The topological polar surface area (TPSA) is 70.8 Å². The van der Waals surface area contributed by atoms with Gasteiger partial charge in [0.15, 0.2) is 16.5 Å². The Hall–Kier alpha value is -2.66. The van der Waals surface area contributed by atoms with Gasteiger partial charge in [0.1, 0.15) is 11.7 Å². The Kier molecular flexibility index (Phi) is 5.18. The average molecular weight is 458 g/mol. The molecule has 1 fully saturated rings. The summed E-state index contributed by atoms with van der Waals surface area (Å²) < 4.78 is 41.6. The van der Waals surface area contributed by atoms with Crippen LogP contribution in [0.5, 0.6) is 0 Å². The Morgan fingerprint density at radius 2 is 2.10 bits per heavy atom. The van der Waals surface area contributed by atoms with Gasteiger partial charge in [-0.2, -0.15) is 13.2 Å². The number of pyridine rings is 1. The summed E-state index contributed by atoms with van der Waals surface area (Å²) >= 11 is 7.55. The second kappa shape index (κ2) is 7.55. The summed E-state index contributed by atoms with van der Waals surface area (Å²) in [5, 5.41) is 2.05. The highest BCUT2D eigenvalue weighted by Crippen LogP contribution is 2.35. The summed E-state index contributed by atoms with van der Waals surface area (Å²) in [6.45, 7) is 1.87. The van der Waals surface area contributed by atoms with E-state index < -0.39 is 23.3 Å². The molecule has 1 aliphatic rings. The summed E-state index contributed by atoms with van der Waals surface area (Å²) in [7, 11) is 0. The van der Waals surface area contributed by atoms with E-state index >= 15 is 0 Å². The molecule has 1 aliphatic heterocycles. The van der Waals surface area contributed by atoms with Crippen LogP contribution in [0.15, 0.2) is 23.8 Å². The summed E-state index contributed by atoms with van der Waals surface area (Å²) in [6.07, 6.45) is -1.30. The van der Waals surface area contributed by atoms with Crippen molar-refractivity contribution in [1.82, 2.24) is 19.3 Å². The van der Waals surface area contributed by atoms with E-state index in [4.69, 9.17) is 11.6 Å². The van der Waals surface area contributed by atoms with E-state index in [-0.39, 0.29) is 36.4 Å². The minimum atomic E-state index is -4.66. The molecule has 0 bridgehead atoms. The van der Waals surface area contributed by atoms with Crippen molar-refractivity contribution in [2.45, 2.75) is 19.5 Å². The molecule has 4 rings (SSSR count). The Bertz CT molecular complexity index is 1130. The molecular formula is C18H15ClF3N5O2S. The van der Waals surface area contributed by atoms with Crippen LogP contribution in [0.3, 0.4) is 0 Å². The number of rotatable bonds is 3. The first-order valence-corrected chi connectivity index (χ1v) is 10.2. The number of hydrogen-bond acceptors (Lipinski definition) is 5. The Labute approximate surface area is 177 Å². The van der Waals surface area contributed by atoms with Crippen LogP contribution in [-0.2, 0) is 17.4 Å². The number of imidazole rings is 1. The summed E-state index contributed by atoms with van der Waals surface area (Å²) in [4.78, 5) is 36.1. The molecule has 0 saturated carbocycles. The zero-order chi connectivity index (χ0) is 21.6. The molecule has 2 amide bonds. The number of anilines is 1. The third-order valence-corrected chi connectivity index (χ3v) is 5.95. The quantitative estimate of drug-likeness (QED) is 0.603. The number of aryl methyl sites for hydroxylation is 1. The van der Waals surface area contributed by atoms with Crippen molar-refractivity contribution in [3.63, 3.8) is 0 Å². The number of fused-ring (bicyclic) bond motifs is 1. The van der Waals surface area contributed by atoms with Crippen LogP contribution in [0.2, 0.25) is 5.15 Å². The lowest BCUT2D eigenvalue weighted by molar-refractivity contribution is -0.136. The first-order chi connectivity index (χ1) is 14.2. The number of halogens is 4. The van der Waals surface area contributed by atoms with Gasteiger partial charge in [0.05, 0.1) is 5.56 Å². The minimum Gasteiger partial charge on any atom is -0.326 e. The first-order valence-electron chi connectivity index (χ1n) is 8.97. The highest BCUT2D eigenvalue weighted by molar-refractivity contribution is 7.13. The molecule has 0 aliphatic carbocycles. The third-order valence-electron chi connectivity index (χ3n) is 4.79. The van der Waals surface area contributed by atoms with Crippen LogP contribution in [-0.4, -0.2) is 50.7 Å². The number of aromatic nitrogens is 3. The normalized spacial score (nSPS) is 15.3. The molecule has 30 heavy (non-hydrogen) atoms. The summed E-state index contributed by atoms with van der Waals surface area (Å²) in [6, 6.07) is 1.00. The molecule has 7 nitrogen and oxygen atoms in total. The van der Waals surface area contributed by atoms with E-state index in [9.17, 15) is 22.8 Å². The molecule has 0 unspecified atom stereocenters. The molecule has 0 aromatic carbocycles. The van der Waals surface area contributed by atoms with Gasteiger partial charge in [0, 0.05) is 30.9 Å². The standard InChI is InChI=1S/C18H15ClF3N5O2S/c1-2-10-7-11(18(20,21)22)15-24-13(14(19)27(15)8-10)16(29)25-4-5-26(12(28)9-25)17-23-3-6-30-17/h3,6-8H,2,4-5,9H2,1H3. The van der Waals surface area contributed by atoms with Crippen molar-refractivity contribution in [3.05, 3.63) is 45.8 Å². The fraction of sp³-hybridized carbons (Fsp3) is 0.333. The van der Waals surface area contributed by atoms with Gasteiger partial charge in [-0.15, -0.1) is 11.3 Å². The minimum absolute atomic E-state index is 0.181. The zero-order valence-corrected chi connectivity index (χ0v) is 17.2. The van der Waals surface area contributed by atoms with E-state index in [1.54, 1.807) is 18.5 Å². The predicted molar refractivity (Wildman–Crippen MR) is 105 cm³/mol. The van der Waals surface area contributed by atoms with Crippen molar-refractivity contribution in [2.24, 2.45) is 0 Å². The van der Waals surface area contributed by atoms with Crippen molar-refractivity contribution in [2.75, 3.05) is 24.5 Å². The lowest BCUT2D eigenvalue weighted by Gasteiger charge is -2.32. The zero-order valence-electron chi connectivity index (χ0n) is 15.6. The van der Waals surface area contributed by atoms with E-state index in [1.807, 2.05) is 0 Å². The van der Waals surface area contributed by atoms with Gasteiger partial charge < -0.3 is 4.90 Å². The van der Waals surface area contributed by atoms with Crippen LogP contribution < -0.4 is 4.90 Å². The van der Waals surface area contributed by atoms with Crippen LogP contribution in [0.4, 0.5) is 18.3 Å². The molecule has 3 aromatic heterocycles. The van der Waals surface area contributed by atoms with E-state index in [0.29, 0.717) is 17.1 Å². The largest absolute Gasteiger partial charge is 0.419 e. The van der Waals surface area contributed by atoms with Crippen LogP contribution in [0, 0.1) is 0 Å². The van der Waals surface area contributed by atoms with Crippen molar-refractivity contribution in [3.8, 4) is 0 Å². The van der Waals surface area contributed by atoms with Crippen LogP contribution in [0.25, 0.3) is 5.65 Å². The summed E-state index contributed by atoms with van der Waals surface area (Å²) in [5.74, 6) is -1.03. The molecule has 0 spiro atoms. The van der Waals surface area contributed by atoms with Gasteiger partial charge in [-0.3, -0.25) is 18.9 Å². The maximum atomic E-state index is 13.5. The smallest absolute Gasteiger partial charge is 0.326 e. The van der Waals surface area contributed by atoms with Crippen molar-refractivity contribution >= 4 is 45.5 Å². The van der Waals surface area contributed by atoms with E-state index in [2.05, 4.69) is 9.97 Å². The number of nitrogens with zero attached hydrogens (tertiary/aromatic N) is 5. The number of amides is 2. The molecule has 0 radical (unpaired) electrons. The fourth-order valence-corrected chi connectivity index (χ4v) is 4.20. The van der Waals surface area contributed by atoms with Gasteiger partial charge in [-0.1, -0.05) is 18.5 Å². The van der Waals surface area contributed by atoms with Crippen molar-refractivity contribution in [1.29, 1.82) is 0 Å². The van der Waals surface area contributed by atoms with Gasteiger partial charge in [-0.25, -0.2) is 9.97 Å². The lowest BCUT2D eigenvalue weighted by atomic mass is 10.1. The maximum absolute atomic E-state index is 13.5. The molecule has 0 N–H and O–H groups in total. The number of carbonyl (C=O) groups is 2. The van der Waals surface area contributed by atoms with E-state index in [0.717, 1.165) is 10.5 Å². The van der Waals surface area contributed by atoms with Gasteiger partial charge in [0.25, 0.3) is 5.91 Å². The number of thiazole rings is 1. The van der Waals surface area contributed by atoms with Crippen molar-refractivity contribution < 1.29 is 22.8 Å². The van der Waals surface area contributed by atoms with Gasteiger partial charge >= 0.3 is 6.18 Å². The van der Waals surface area contributed by atoms with Gasteiger partial charge in [-0.05, 0) is 18.1 Å². The number of alkyl halides is 3.